The number of likely N-dealkylation sites (N-methyl/N-ethyl adjacent to an activating group) is 8. The zero-order chi connectivity index (χ0) is 107. The molecule has 149 heavy (non-hydrogen) atoms. The van der Waals surface area contributed by atoms with E-state index in [1.165, 1.54) is 33.4 Å². The van der Waals surface area contributed by atoms with Crippen molar-refractivity contribution < 1.29 is 38.1 Å². The number of aromatic nitrogens is 16. The van der Waals surface area contributed by atoms with Gasteiger partial charge in [-0.2, -0.15) is 20.1 Å². The zero-order valence-electron chi connectivity index (χ0n) is 86.6. The number of methoxy groups -OCH3 is 4. The van der Waals surface area contributed by atoms with Gasteiger partial charge in [-0.3, -0.25) is 38.3 Å². The molecule has 0 fully saturated rings. The van der Waals surface area contributed by atoms with Crippen molar-refractivity contribution in [2.24, 2.45) is 14.1 Å². The summed E-state index contributed by atoms with van der Waals surface area (Å²) in [6.07, 6.45) is 13.2. The molecular weight excluding hydrogens is 1900 g/mol. The molecule has 10 N–H and O–H groups in total. The van der Waals surface area contributed by atoms with E-state index in [2.05, 4.69) is 143 Å². The van der Waals surface area contributed by atoms with Gasteiger partial charge in [0.1, 0.15) is 34.6 Å². The highest BCUT2D eigenvalue weighted by Crippen LogP contribution is 2.44. The molecule has 0 aliphatic heterocycles. The topological polar surface area (TPSA) is 451 Å². The van der Waals surface area contributed by atoms with Crippen LogP contribution in [0, 0.1) is 0 Å². The fourth-order valence-corrected chi connectivity index (χ4v) is 15.7. The van der Waals surface area contributed by atoms with Gasteiger partial charge in [0, 0.05) is 173 Å². The number of aryl methyl sites for hydroxylation is 2. The second-order valence-electron chi connectivity index (χ2n) is 35.2. The number of nitrogens with one attached hydrogen (secondary N) is 10. The number of amides is 4. The van der Waals surface area contributed by atoms with Crippen molar-refractivity contribution in [3.05, 3.63) is 277 Å². The van der Waals surface area contributed by atoms with Crippen LogP contribution in [0.25, 0.3) is 72.6 Å². The third-order valence-corrected chi connectivity index (χ3v) is 23.7. The Hall–Kier alpha value is -18.4. The van der Waals surface area contributed by atoms with Crippen LogP contribution in [0.1, 0.15) is 0 Å². The van der Waals surface area contributed by atoms with Crippen LogP contribution in [0.15, 0.2) is 260 Å². The summed E-state index contributed by atoms with van der Waals surface area (Å²) in [5, 5.41) is 33.1. The van der Waals surface area contributed by atoms with Crippen molar-refractivity contribution >= 4 is 160 Å². The van der Waals surface area contributed by atoms with Gasteiger partial charge in [0.25, 0.3) is 5.56 Å². The number of imidazole rings is 2. The molecule has 4 amide bonds. The minimum absolute atomic E-state index is 0.207. The van der Waals surface area contributed by atoms with Gasteiger partial charge in [0.2, 0.25) is 47.4 Å². The standard InChI is InChI=1S/C27H32N8O3.C27H32N8O2.2C26H30N8O3/c1-7-25(36)29-18-16-19(23(38-6)17-22(18)33(4)15-14-32(2)3)30-26-28-13-12-24(31-26)35-21-11-9-8-10-20(21)34(5)27(35)37;1-7-26(36)30-21-15-22(25(37-6)16-24(21)34(4)14-13-33(2)3)32-27-28-12-11-20(31-27)18-9-8-10-23-19(18)17-29-35(23)5;1-6-24(35)28-18-15-19(22(37-5)16-21(18)33(4)14-13-32(2)3)29-25-27-12-11-23(31-25)34-20-10-8-7-9-17(20)30-26(34)36;1-6-24(35)28-18-15-19(22(37-5)16-21(18)33(4)14-13-32(2)3)29-26-27-12-11-23(30-26)34-20-10-8-7-9-17(20)25(36)31-34/h7-13,16-17H,1,14-15H2,2-6H3,(H,29,36)(H,28,30,31);7-12,15-17H,1,13-14H2,2-6H3,(H,30,36)(H,28,31,32);6-12,15-16H,1,13-14H2,2-5H3,(H,28,35)(H,30,36)(H,27,29,31);6-12,15-16H,1,13-14H2,2-5H3,(H,28,35)(H,31,36)(H,27,29,30). The molecule has 0 saturated heterocycles. The molecule has 0 aliphatic rings. The molecular formula is C106H124N32O11. The molecule has 16 rings (SSSR count). The Balaban J connectivity index is 0.000000166. The molecule has 16 aromatic rings. The number of nitrogens with zero attached hydrogens (tertiary/aromatic N) is 22. The normalized spacial score (nSPS) is 11.0. The summed E-state index contributed by atoms with van der Waals surface area (Å²) in [5.41, 5.74) is 13.4. The second kappa shape index (κ2) is 49.8. The van der Waals surface area contributed by atoms with Crippen molar-refractivity contribution in [1.82, 2.24) is 97.7 Å². The molecule has 43 heteroatoms. The van der Waals surface area contributed by atoms with Gasteiger partial charge in [0.15, 0.2) is 5.82 Å². The average Bonchev–Trinajstić information content (AvgIpc) is 1.62. The van der Waals surface area contributed by atoms with E-state index in [9.17, 15) is 33.6 Å². The highest BCUT2D eigenvalue weighted by atomic mass is 16.5. The smallest absolute Gasteiger partial charge is 0.334 e. The molecule has 0 unspecified atom stereocenters. The number of fused-ring (bicyclic) bond motifs is 4. The lowest BCUT2D eigenvalue weighted by Gasteiger charge is -2.26. The van der Waals surface area contributed by atoms with Crippen molar-refractivity contribution in [3.63, 3.8) is 0 Å². The first kappa shape index (κ1) is 108. The number of para-hydroxylation sites is 5. The molecule has 0 saturated carbocycles. The number of aromatic amines is 2. The second-order valence-corrected chi connectivity index (χ2v) is 35.2. The lowest BCUT2D eigenvalue weighted by atomic mass is 10.1. The van der Waals surface area contributed by atoms with Crippen LogP contribution in [-0.4, -0.2) is 287 Å². The minimum atomic E-state index is -0.338. The van der Waals surface area contributed by atoms with Gasteiger partial charge >= 0.3 is 11.4 Å². The zero-order valence-corrected chi connectivity index (χ0v) is 86.6. The molecule has 0 bridgehead atoms. The third-order valence-electron chi connectivity index (χ3n) is 23.7. The van der Waals surface area contributed by atoms with Crippen molar-refractivity contribution in [2.45, 2.75) is 0 Å². The molecule has 0 atom stereocenters. The van der Waals surface area contributed by atoms with E-state index < -0.39 is 0 Å². The van der Waals surface area contributed by atoms with Gasteiger partial charge in [-0.1, -0.05) is 74.8 Å². The Morgan fingerprint density at radius 1 is 0.369 bits per heavy atom. The maximum Gasteiger partial charge on any atom is 0.334 e. The number of hydrogen-bond acceptors (Lipinski definition) is 32. The molecule has 8 aromatic heterocycles. The summed E-state index contributed by atoms with van der Waals surface area (Å²) < 4.78 is 30.7. The quantitative estimate of drug-likeness (QED) is 0.0159. The number of ether oxygens (including phenoxy) is 4. The predicted molar refractivity (Wildman–Crippen MR) is 593 cm³/mol. The maximum absolute atomic E-state index is 13.0. The van der Waals surface area contributed by atoms with Crippen LogP contribution in [0.2, 0.25) is 0 Å². The van der Waals surface area contributed by atoms with Crippen LogP contribution in [-0.2, 0) is 33.3 Å². The summed E-state index contributed by atoms with van der Waals surface area (Å²) in [6.45, 7) is 20.5. The number of carbonyl (C=O) groups is 4. The Labute approximate surface area is 860 Å². The summed E-state index contributed by atoms with van der Waals surface area (Å²) in [5.74, 6) is 3.37. The van der Waals surface area contributed by atoms with E-state index in [4.69, 9.17) is 23.9 Å². The van der Waals surface area contributed by atoms with Crippen LogP contribution in [0.4, 0.5) is 92.0 Å². The number of H-pyrrole nitrogens is 2. The Morgan fingerprint density at radius 2 is 0.718 bits per heavy atom. The molecule has 774 valence electrons. The van der Waals surface area contributed by atoms with Gasteiger partial charge in [0.05, 0.1) is 147 Å². The van der Waals surface area contributed by atoms with Crippen molar-refractivity contribution in [2.75, 3.05) is 228 Å². The van der Waals surface area contributed by atoms with Gasteiger partial charge in [-0.15, -0.1) is 0 Å². The minimum Gasteiger partial charge on any atom is -0.494 e. The molecule has 0 spiro atoms. The summed E-state index contributed by atoms with van der Waals surface area (Å²) in [4.78, 5) is 142. The van der Waals surface area contributed by atoms with Gasteiger partial charge < -0.3 is 106 Å². The molecule has 0 radical (unpaired) electrons. The van der Waals surface area contributed by atoms with Crippen molar-refractivity contribution in [3.8, 4) is 51.7 Å². The van der Waals surface area contributed by atoms with E-state index in [0.717, 1.165) is 108 Å². The Morgan fingerprint density at radius 3 is 1.12 bits per heavy atom. The average molecular weight is 2020 g/mol. The molecule has 0 aliphatic carbocycles. The summed E-state index contributed by atoms with van der Waals surface area (Å²) in [7, 11) is 33.8. The van der Waals surface area contributed by atoms with E-state index in [1.807, 2.05) is 239 Å². The van der Waals surface area contributed by atoms with Gasteiger partial charge in [-0.25, -0.2) is 48.3 Å². The largest absolute Gasteiger partial charge is 0.494 e. The predicted octanol–water partition coefficient (Wildman–Crippen LogP) is 12.9. The number of anilines is 16. The van der Waals surface area contributed by atoms with E-state index in [0.29, 0.717) is 114 Å². The Kier molecular flexibility index (Phi) is 36.0. The number of carbonyl (C=O) groups excluding carboxylic acids is 4. The maximum atomic E-state index is 13.0. The highest BCUT2D eigenvalue weighted by molar-refractivity contribution is 6.05. The van der Waals surface area contributed by atoms with Crippen molar-refractivity contribution in [1.29, 1.82) is 0 Å². The third kappa shape index (κ3) is 26.6. The Bertz CT molecular complexity index is 7740. The van der Waals surface area contributed by atoms with E-state index >= 15 is 0 Å². The number of benzene rings is 8. The monoisotopic (exact) mass is 2020 g/mol. The first-order valence-corrected chi connectivity index (χ1v) is 47.1. The van der Waals surface area contributed by atoms with E-state index in [1.54, 1.807) is 112 Å². The molecule has 43 nitrogen and oxygen atoms in total. The lowest BCUT2D eigenvalue weighted by Crippen LogP contribution is -2.29. The first-order valence-electron chi connectivity index (χ1n) is 47.1. The fourth-order valence-electron chi connectivity index (χ4n) is 15.7. The summed E-state index contributed by atoms with van der Waals surface area (Å²) in [6, 6.07) is 49.6. The lowest BCUT2D eigenvalue weighted by molar-refractivity contribution is -0.112. The molecule has 8 heterocycles. The summed E-state index contributed by atoms with van der Waals surface area (Å²) >= 11 is 0. The van der Waals surface area contributed by atoms with Crippen LogP contribution < -0.4 is 98.0 Å². The van der Waals surface area contributed by atoms with Gasteiger partial charge in [-0.05, 0) is 153 Å². The number of rotatable bonds is 40. The fraction of sp³-hybridized carbons (Fsp3) is 0.245. The van der Waals surface area contributed by atoms with Crippen LogP contribution >= 0.6 is 0 Å². The molecule has 8 aromatic carbocycles. The van der Waals surface area contributed by atoms with E-state index in [-0.39, 0.29) is 58.4 Å². The number of hydrogen-bond donors (Lipinski definition) is 10. The highest BCUT2D eigenvalue weighted by Gasteiger charge is 2.26. The van der Waals surface area contributed by atoms with Crippen LogP contribution in [0.3, 0.4) is 0 Å². The SMILES string of the molecule is C=CC(=O)Nc1cc(Nc2nccc(-c3cccc4c3cnn4C)n2)c(OC)cc1N(C)CCN(C)C.C=CC(=O)Nc1cc(Nc2nccc(-n3[nH]c(=O)c4ccccc43)n2)c(OC)cc1N(C)CCN(C)C.C=CC(=O)Nc1cc(Nc2nccc(-n3c(=O)[nH]c4ccccc43)n2)c(OC)cc1N(C)CCN(C)C.C=CC(=O)Nc1cc(Nc2nccc(-n3c(=O)n(C)c4ccccc43)n2)c(OC)cc1N(C)CCN(C)C. The first-order chi connectivity index (χ1) is 71.6. The van der Waals surface area contributed by atoms with Crippen LogP contribution in [0.5, 0.6) is 23.0 Å².